The number of ether oxygens (including phenoxy) is 1. The van der Waals surface area contributed by atoms with Crippen molar-refractivity contribution in [2.75, 3.05) is 35.3 Å². The van der Waals surface area contributed by atoms with Gasteiger partial charge in [-0.1, -0.05) is 0 Å². The molecule has 2 amide bonds. The van der Waals surface area contributed by atoms with E-state index in [-0.39, 0.29) is 30.4 Å². The van der Waals surface area contributed by atoms with Crippen molar-refractivity contribution in [2.45, 2.75) is 39.7 Å². The number of hydrogen-bond donors (Lipinski definition) is 1. The second kappa shape index (κ2) is 9.64. The number of rotatable bonds is 8. The van der Waals surface area contributed by atoms with Crippen LogP contribution in [0.25, 0.3) is 0 Å². The van der Waals surface area contributed by atoms with Crippen LogP contribution in [0.5, 0.6) is 5.75 Å². The molecule has 164 valence electrons. The molecule has 1 aliphatic rings. The lowest BCUT2D eigenvalue weighted by molar-refractivity contribution is -0.125. The molecule has 0 aromatic heterocycles. The summed E-state index contributed by atoms with van der Waals surface area (Å²) in [4.78, 5) is 40.7. The molecule has 3 rings (SSSR count). The molecule has 1 aliphatic heterocycles. The molecular weight excluding hydrogens is 394 g/mol. The Labute approximate surface area is 183 Å². The molecule has 7 heteroatoms. The highest BCUT2D eigenvalue weighted by Gasteiger charge is 2.29. The first-order valence-electron chi connectivity index (χ1n) is 10.6. The molecule has 0 saturated heterocycles. The summed E-state index contributed by atoms with van der Waals surface area (Å²) in [6, 6.07) is 12.7. The van der Waals surface area contributed by atoms with E-state index < -0.39 is 6.10 Å². The first-order chi connectivity index (χ1) is 14.8. The Morgan fingerprint density at radius 2 is 1.74 bits per heavy atom. The Morgan fingerprint density at radius 1 is 1.06 bits per heavy atom. The van der Waals surface area contributed by atoms with E-state index in [4.69, 9.17) is 4.74 Å². The smallest absolute Gasteiger partial charge is 0.267 e. The van der Waals surface area contributed by atoms with Crippen LogP contribution in [0.3, 0.4) is 0 Å². The summed E-state index contributed by atoms with van der Waals surface area (Å²) in [5, 5.41) is 2.84. The number of hydrogen-bond acceptors (Lipinski definition) is 5. The number of Topliss-reactive ketones (excluding diaryl/α,β-unsaturated/α-hetero) is 1. The maximum Gasteiger partial charge on any atom is 0.267 e. The fraction of sp³-hybridized carbons (Fsp3) is 0.375. The number of nitrogens with one attached hydrogen (secondary N) is 1. The summed E-state index contributed by atoms with van der Waals surface area (Å²) < 4.78 is 5.58. The van der Waals surface area contributed by atoms with Gasteiger partial charge in [0, 0.05) is 49.9 Å². The summed E-state index contributed by atoms with van der Waals surface area (Å²) in [5.74, 6) is 0.0289. The Balaban J connectivity index is 1.57. The Morgan fingerprint density at radius 3 is 2.39 bits per heavy atom. The highest BCUT2D eigenvalue weighted by Crippen LogP contribution is 2.34. The molecule has 31 heavy (non-hydrogen) atoms. The van der Waals surface area contributed by atoms with E-state index in [2.05, 4.69) is 24.1 Å². The van der Waals surface area contributed by atoms with E-state index in [0.717, 1.165) is 18.8 Å². The van der Waals surface area contributed by atoms with Gasteiger partial charge in [-0.2, -0.15) is 0 Å². The van der Waals surface area contributed by atoms with Gasteiger partial charge in [-0.15, -0.1) is 0 Å². The van der Waals surface area contributed by atoms with Gasteiger partial charge >= 0.3 is 0 Å². The zero-order chi connectivity index (χ0) is 22.5. The van der Waals surface area contributed by atoms with Crippen LogP contribution in [0.4, 0.5) is 17.1 Å². The molecule has 2 aromatic rings. The molecule has 0 aliphatic carbocycles. The molecule has 0 saturated carbocycles. The largest absolute Gasteiger partial charge is 0.479 e. The SMILES string of the molecule is CCN(CC)c1ccc(NC(=O)CCC(=O)c2ccc3c(c2)N(C)C(=O)C(C)O3)cc1. The fourth-order valence-electron chi connectivity index (χ4n) is 3.62. The van der Waals surface area contributed by atoms with Crippen LogP contribution < -0.4 is 19.9 Å². The van der Waals surface area contributed by atoms with Crippen LogP contribution >= 0.6 is 0 Å². The summed E-state index contributed by atoms with van der Waals surface area (Å²) in [7, 11) is 1.66. The third-order valence-corrected chi connectivity index (χ3v) is 5.48. The quantitative estimate of drug-likeness (QED) is 0.652. The first-order valence-corrected chi connectivity index (χ1v) is 10.6. The van der Waals surface area contributed by atoms with Gasteiger partial charge in [-0.25, -0.2) is 0 Å². The normalized spacial score (nSPS) is 15.2. The van der Waals surface area contributed by atoms with E-state index in [9.17, 15) is 14.4 Å². The molecule has 7 nitrogen and oxygen atoms in total. The molecule has 1 unspecified atom stereocenters. The van der Waals surface area contributed by atoms with Gasteiger partial charge in [0.1, 0.15) is 5.75 Å². The molecule has 0 bridgehead atoms. The Kier molecular flexibility index (Phi) is 6.95. The predicted octanol–water partition coefficient (Wildman–Crippen LogP) is 3.88. The molecular formula is C24H29N3O4. The lowest BCUT2D eigenvalue weighted by Crippen LogP contribution is -2.42. The molecule has 0 radical (unpaired) electrons. The van der Waals surface area contributed by atoms with Crippen LogP contribution in [0.15, 0.2) is 42.5 Å². The number of likely N-dealkylation sites (N-methyl/N-ethyl adjacent to an activating group) is 1. The van der Waals surface area contributed by atoms with Gasteiger partial charge in [0.25, 0.3) is 5.91 Å². The number of ketones is 1. The Hall–Kier alpha value is -3.35. The molecule has 2 aromatic carbocycles. The van der Waals surface area contributed by atoms with E-state index >= 15 is 0 Å². The summed E-state index contributed by atoms with van der Waals surface area (Å²) in [6.45, 7) is 7.73. The minimum absolute atomic E-state index is 0.0794. The number of carbonyl (C=O) groups is 3. The molecule has 1 atom stereocenters. The van der Waals surface area contributed by atoms with Crippen molar-refractivity contribution in [1.82, 2.24) is 0 Å². The third kappa shape index (κ3) is 5.05. The van der Waals surface area contributed by atoms with Gasteiger partial charge in [0.15, 0.2) is 11.9 Å². The van der Waals surface area contributed by atoms with Crippen molar-refractivity contribution >= 4 is 34.7 Å². The van der Waals surface area contributed by atoms with Crippen molar-refractivity contribution in [3.05, 3.63) is 48.0 Å². The van der Waals surface area contributed by atoms with Gasteiger partial charge in [0.2, 0.25) is 5.91 Å². The number of fused-ring (bicyclic) bond motifs is 1. The number of amides is 2. The van der Waals surface area contributed by atoms with Crippen LogP contribution in [0.2, 0.25) is 0 Å². The van der Waals surface area contributed by atoms with E-state index in [1.807, 2.05) is 24.3 Å². The highest BCUT2D eigenvalue weighted by atomic mass is 16.5. The lowest BCUT2D eigenvalue weighted by Gasteiger charge is -2.30. The van der Waals surface area contributed by atoms with Crippen LogP contribution in [-0.2, 0) is 9.59 Å². The van der Waals surface area contributed by atoms with E-state index in [0.29, 0.717) is 22.7 Å². The van der Waals surface area contributed by atoms with Crippen molar-refractivity contribution < 1.29 is 19.1 Å². The van der Waals surface area contributed by atoms with Crippen LogP contribution in [0.1, 0.15) is 44.0 Å². The summed E-state index contributed by atoms with van der Waals surface area (Å²) in [6.07, 6.45) is -0.392. The Bertz CT molecular complexity index is 967. The predicted molar refractivity (Wildman–Crippen MR) is 122 cm³/mol. The second-order valence-electron chi connectivity index (χ2n) is 7.53. The molecule has 1 heterocycles. The van der Waals surface area contributed by atoms with E-state index in [1.165, 1.54) is 4.90 Å². The molecule has 0 fully saturated rings. The third-order valence-electron chi connectivity index (χ3n) is 5.48. The van der Waals surface area contributed by atoms with Crippen molar-refractivity contribution in [3.8, 4) is 5.75 Å². The minimum atomic E-state index is -0.552. The van der Waals surface area contributed by atoms with Crippen molar-refractivity contribution in [2.24, 2.45) is 0 Å². The van der Waals surface area contributed by atoms with Gasteiger partial charge < -0.3 is 19.9 Å². The summed E-state index contributed by atoms with van der Waals surface area (Å²) in [5.41, 5.74) is 2.82. The zero-order valence-electron chi connectivity index (χ0n) is 18.5. The minimum Gasteiger partial charge on any atom is -0.479 e. The van der Waals surface area contributed by atoms with Crippen LogP contribution in [-0.4, -0.2) is 43.8 Å². The van der Waals surface area contributed by atoms with Crippen molar-refractivity contribution in [1.29, 1.82) is 0 Å². The monoisotopic (exact) mass is 423 g/mol. The molecule has 1 N–H and O–H groups in total. The van der Waals surface area contributed by atoms with Gasteiger partial charge in [0.05, 0.1) is 5.69 Å². The standard InChI is InChI=1S/C24H29N3O4/c1-5-27(6-2)19-10-8-18(9-11-19)25-23(29)14-12-21(28)17-7-13-22-20(15-17)26(4)24(30)16(3)31-22/h7-11,13,15-16H,5-6,12,14H2,1-4H3,(H,25,29). The average Bonchev–Trinajstić information content (AvgIpc) is 2.77. The van der Waals surface area contributed by atoms with Crippen molar-refractivity contribution in [3.63, 3.8) is 0 Å². The highest BCUT2D eigenvalue weighted by molar-refractivity contribution is 6.04. The first kappa shape index (κ1) is 22.3. The van der Waals surface area contributed by atoms with Gasteiger partial charge in [-0.3, -0.25) is 14.4 Å². The second-order valence-corrected chi connectivity index (χ2v) is 7.53. The molecule has 0 spiro atoms. The maximum absolute atomic E-state index is 12.6. The lowest BCUT2D eigenvalue weighted by atomic mass is 10.0. The summed E-state index contributed by atoms with van der Waals surface area (Å²) >= 11 is 0. The average molecular weight is 424 g/mol. The van der Waals surface area contributed by atoms with Gasteiger partial charge in [-0.05, 0) is 63.2 Å². The number of carbonyl (C=O) groups excluding carboxylic acids is 3. The van der Waals surface area contributed by atoms with E-state index in [1.54, 1.807) is 32.2 Å². The number of benzene rings is 2. The zero-order valence-corrected chi connectivity index (χ0v) is 18.5. The van der Waals surface area contributed by atoms with Crippen LogP contribution in [0, 0.1) is 0 Å². The number of anilines is 3. The maximum atomic E-state index is 12.6. The number of nitrogens with zero attached hydrogens (tertiary/aromatic N) is 2. The fourth-order valence-corrected chi connectivity index (χ4v) is 3.62. The topological polar surface area (TPSA) is 79.0 Å².